The van der Waals surface area contributed by atoms with Crippen molar-refractivity contribution in [2.24, 2.45) is 11.7 Å². The van der Waals surface area contributed by atoms with Gasteiger partial charge in [0.1, 0.15) is 0 Å². The van der Waals surface area contributed by atoms with E-state index in [9.17, 15) is 4.79 Å². The Balaban J connectivity index is 0.00000242. The quantitative estimate of drug-likeness (QED) is 0.844. The first-order valence-corrected chi connectivity index (χ1v) is 7.91. The highest BCUT2D eigenvalue weighted by molar-refractivity contribution is 5.94. The minimum absolute atomic E-state index is 0. The third-order valence-corrected chi connectivity index (χ3v) is 4.05. The number of benzene rings is 1. The molecule has 0 saturated carbocycles. The van der Waals surface area contributed by atoms with Crippen molar-refractivity contribution in [3.8, 4) is 0 Å². The molecule has 1 heterocycles. The molecule has 0 aliphatic carbocycles. The van der Waals surface area contributed by atoms with Gasteiger partial charge in [0.2, 0.25) is 0 Å². The molecular weight excluding hydrogens is 298 g/mol. The Kier molecular flexibility index (Phi) is 7.87. The third-order valence-electron chi connectivity index (χ3n) is 4.05. The molecule has 0 aromatic heterocycles. The molecule has 124 valence electrons. The topological polar surface area (TPSA) is 58.4 Å². The molecule has 5 heteroatoms. The largest absolute Gasteiger partial charge is 0.350 e. The first-order chi connectivity index (χ1) is 10.1. The van der Waals surface area contributed by atoms with Crippen molar-refractivity contribution < 1.29 is 4.79 Å². The molecule has 0 radical (unpaired) electrons. The van der Waals surface area contributed by atoms with E-state index in [1.165, 1.54) is 12.8 Å². The van der Waals surface area contributed by atoms with E-state index < -0.39 is 0 Å². The molecular formula is C17H28ClN3O. The highest BCUT2D eigenvalue weighted by Crippen LogP contribution is 2.18. The van der Waals surface area contributed by atoms with Crippen LogP contribution in [0.3, 0.4) is 0 Å². The SMILES string of the molecule is CC(C)CN1CCC[C@@H]1CNC(=O)c1ccc(CN)cc1.Cl. The summed E-state index contributed by atoms with van der Waals surface area (Å²) in [5, 5.41) is 3.07. The van der Waals surface area contributed by atoms with E-state index in [1.54, 1.807) is 0 Å². The second-order valence-corrected chi connectivity index (χ2v) is 6.30. The molecule has 1 amide bonds. The summed E-state index contributed by atoms with van der Waals surface area (Å²) < 4.78 is 0. The average molecular weight is 326 g/mol. The van der Waals surface area contributed by atoms with Gasteiger partial charge in [0.05, 0.1) is 0 Å². The summed E-state index contributed by atoms with van der Waals surface area (Å²) >= 11 is 0. The van der Waals surface area contributed by atoms with Crippen molar-refractivity contribution in [2.75, 3.05) is 19.6 Å². The van der Waals surface area contributed by atoms with E-state index in [0.717, 1.165) is 25.2 Å². The van der Waals surface area contributed by atoms with Gasteiger partial charge in [0.15, 0.2) is 0 Å². The van der Waals surface area contributed by atoms with Crippen LogP contribution in [0.1, 0.15) is 42.6 Å². The third kappa shape index (κ3) is 5.27. The highest BCUT2D eigenvalue weighted by Gasteiger charge is 2.25. The number of carbonyl (C=O) groups excluding carboxylic acids is 1. The minimum Gasteiger partial charge on any atom is -0.350 e. The van der Waals surface area contributed by atoms with Crippen molar-refractivity contribution in [3.63, 3.8) is 0 Å². The Morgan fingerprint density at radius 3 is 2.64 bits per heavy atom. The van der Waals surface area contributed by atoms with Crippen LogP contribution in [0.25, 0.3) is 0 Å². The summed E-state index contributed by atoms with van der Waals surface area (Å²) in [7, 11) is 0. The van der Waals surface area contributed by atoms with Crippen molar-refractivity contribution in [1.29, 1.82) is 0 Å². The smallest absolute Gasteiger partial charge is 0.251 e. The second kappa shape index (κ2) is 9.13. The van der Waals surface area contributed by atoms with Crippen molar-refractivity contribution in [1.82, 2.24) is 10.2 Å². The molecule has 1 atom stereocenters. The fourth-order valence-electron chi connectivity index (χ4n) is 2.94. The Morgan fingerprint density at radius 1 is 1.36 bits per heavy atom. The molecule has 1 aromatic carbocycles. The maximum absolute atomic E-state index is 12.2. The van der Waals surface area contributed by atoms with Gasteiger partial charge in [0, 0.05) is 31.2 Å². The Morgan fingerprint density at radius 2 is 2.05 bits per heavy atom. The molecule has 1 fully saturated rings. The zero-order valence-corrected chi connectivity index (χ0v) is 14.4. The summed E-state index contributed by atoms with van der Waals surface area (Å²) in [6, 6.07) is 8.00. The van der Waals surface area contributed by atoms with Crippen LogP contribution < -0.4 is 11.1 Å². The zero-order valence-electron chi connectivity index (χ0n) is 13.5. The van der Waals surface area contributed by atoms with E-state index >= 15 is 0 Å². The maximum atomic E-state index is 12.2. The summed E-state index contributed by atoms with van der Waals surface area (Å²) in [5.41, 5.74) is 7.32. The summed E-state index contributed by atoms with van der Waals surface area (Å²) in [5.74, 6) is 0.681. The molecule has 1 saturated heterocycles. The van der Waals surface area contributed by atoms with Gasteiger partial charge in [-0.25, -0.2) is 0 Å². The number of nitrogens with one attached hydrogen (secondary N) is 1. The average Bonchev–Trinajstić information content (AvgIpc) is 2.91. The first-order valence-electron chi connectivity index (χ1n) is 7.91. The Bertz CT molecular complexity index is 461. The molecule has 2 rings (SSSR count). The van der Waals surface area contributed by atoms with Crippen LogP contribution in [0.2, 0.25) is 0 Å². The van der Waals surface area contributed by atoms with Crippen LogP contribution in [0, 0.1) is 5.92 Å². The number of nitrogens with zero attached hydrogens (tertiary/aromatic N) is 1. The monoisotopic (exact) mass is 325 g/mol. The number of amides is 1. The predicted molar refractivity (Wildman–Crippen MR) is 93.3 cm³/mol. The number of halogens is 1. The number of carbonyl (C=O) groups is 1. The maximum Gasteiger partial charge on any atom is 0.251 e. The van der Waals surface area contributed by atoms with E-state index in [-0.39, 0.29) is 18.3 Å². The Hall–Kier alpha value is -1.10. The van der Waals surface area contributed by atoms with Crippen molar-refractivity contribution in [3.05, 3.63) is 35.4 Å². The van der Waals surface area contributed by atoms with Crippen LogP contribution in [-0.2, 0) is 6.54 Å². The van der Waals surface area contributed by atoms with Crippen LogP contribution >= 0.6 is 12.4 Å². The van der Waals surface area contributed by atoms with E-state index in [1.807, 2.05) is 24.3 Å². The molecule has 0 spiro atoms. The van der Waals surface area contributed by atoms with Crippen LogP contribution in [0.5, 0.6) is 0 Å². The van der Waals surface area contributed by atoms with Gasteiger partial charge in [-0.1, -0.05) is 26.0 Å². The standard InChI is InChI=1S/C17H27N3O.ClH/c1-13(2)12-20-9-3-4-16(20)11-19-17(21)15-7-5-14(10-18)6-8-15;/h5-8,13,16H,3-4,9-12,18H2,1-2H3,(H,19,21);1H/t16-;/m1./s1. The fourth-order valence-corrected chi connectivity index (χ4v) is 2.94. The molecule has 3 N–H and O–H groups in total. The lowest BCUT2D eigenvalue weighted by atomic mass is 10.1. The van der Waals surface area contributed by atoms with Gasteiger partial charge in [0.25, 0.3) is 5.91 Å². The van der Waals surface area contributed by atoms with Gasteiger partial charge < -0.3 is 11.1 Å². The number of rotatable bonds is 6. The molecule has 0 bridgehead atoms. The molecule has 0 unspecified atom stereocenters. The normalized spacial score (nSPS) is 18.3. The first kappa shape index (κ1) is 18.9. The lowest BCUT2D eigenvalue weighted by molar-refractivity contribution is 0.0939. The summed E-state index contributed by atoms with van der Waals surface area (Å²) in [4.78, 5) is 14.7. The summed E-state index contributed by atoms with van der Waals surface area (Å²) in [6.45, 7) is 8.01. The van der Waals surface area contributed by atoms with Crippen LogP contribution in [0.15, 0.2) is 24.3 Å². The zero-order chi connectivity index (χ0) is 15.2. The summed E-state index contributed by atoms with van der Waals surface area (Å²) in [6.07, 6.45) is 2.41. The van der Waals surface area contributed by atoms with Crippen LogP contribution in [0.4, 0.5) is 0 Å². The number of hydrogen-bond acceptors (Lipinski definition) is 3. The predicted octanol–water partition coefficient (Wildman–Crippen LogP) is 2.42. The van der Waals surface area contributed by atoms with Crippen LogP contribution in [-0.4, -0.2) is 36.5 Å². The van der Waals surface area contributed by atoms with Gasteiger partial charge in [-0.3, -0.25) is 9.69 Å². The van der Waals surface area contributed by atoms with Gasteiger partial charge in [-0.2, -0.15) is 0 Å². The van der Waals surface area contributed by atoms with E-state index in [0.29, 0.717) is 24.1 Å². The fraction of sp³-hybridized carbons (Fsp3) is 0.588. The Labute approximate surface area is 139 Å². The lowest BCUT2D eigenvalue weighted by Gasteiger charge is -2.26. The number of nitrogens with two attached hydrogens (primary N) is 1. The molecule has 1 aliphatic rings. The lowest BCUT2D eigenvalue weighted by Crippen LogP contribution is -2.41. The second-order valence-electron chi connectivity index (χ2n) is 6.30. The number of hydrogen-bond donors (Lipinski definition) is 2. The molecule has 22 heavy (non-hydrogen) atoms. The molecule has 1 aromatic rings. The van der Waals surface area contributed by atoms with Gasteiger partial charge in [-0.15, -0.1) is 12.4 Å². The van der Waals surface area contributed by atoms with Crippen molar-refractivity contribution >= 4 is 18.3 Å². The molecule has 1 aliphatic heterocycles. The number of likely N-dealkylation sites (tertiary alicyclic amines) is 1. The molecule has 4 nitrogen and oxygen atoms in total. The van der Waals surface area contributed by atoms with Gasteiger partial charge >= 0.3 is 0 Å². The minimum atomic E-state index is 0. The van der Waals surface area contributed by atoms with Crippen molar-refractivity contribution in [2.45, 2.75) is 39.3 Å². The van der Waals surface area contributed by atoms with Gasteiger partial charge in [-0.05, 0) is 43.0 Å². The van der Waals surface area contributed by atoms with E-state index in [4.69, 9.17) is 5.73 Å². The highest BCUT2D eigenvalue weighted by atomic mass is 35.5. The van der Waals surface area contributed by atoms with E-state index in [2.05, 4.69) is 24.1 Å².